The van der Waals surface area contributed by atoms with E-state index in [0.29, 0.717) is 11.5 Å². The molecule has 2 aromatic heterocycles. The van der Waals surface area contributed by atoms with E-state index in [1.165, 1.54) is 0 Å². The molecular formula is C10H10N6. The van der Waals surface area contributed by atoms with Gasteiger partial charge in [0.05, 0.1) is 6.33 Å². The van der Waals surface area contributed by atoms with E-state index in [-0.39, 0.29) is 0 Å². The van der Waals surface area contributed by atoms with E-state index in [0.717, 1.165) is 13.1 Å². The quantitative estimate of drug-likeness (QED) is 0.808. The highest BCUT2D eigenvalue weighted by Gasteiger charge is 1.96. The molecule has 0 atom stereocenters. The largest absolute Gasteiger partial charge is 0.367 e. The third kappa shape index (κ3) is 2.54. The number of nitrogens with one attached hydrogen (secondary N) is 1. The monoisotopic (exact) mass is 214 g/mol. The maximum absolute atomic E-state index is 8.55. The summed E-state index contributed by atoms with van der Waals surface area (Å²) in [7, 11) is 0. The van der Waals surface area contributed by atoms with Crippen LogP contribution in [0.4, 0.5) is 5.82 Å². The van der Waals surface area contributed by atoms with Crippen molar-refractivity contribution in [1.29, 1.82) is 5.26 Å². The molecule has 0 saturated carbocycles. The molecule has 0 unspecified atom stereocenters. The third-order valence-electron chi connectivity index (χ3n) is 2.01. The molecule has 6 heteroatoms. The summed E-state index contributed by atoms with van der Waals surface area (Å²) in [4.78, 5) is 3.94. The van der Waals surface area contributed by atoms with Crippen LogP contribution in [0.3, 0.4) is 0 Å². The Kier molecular flexibility index (Phi) is 3.09. The summed E-state index contributed by atoms with van der Waals surface area (Å²) in [6, 6.07) is 5.29. The Labute approximate surface area is 92.6 Å². The number of nitriles is 1. The Morgan fingerprint density at radius 3 is 2.94 bits per heavy atom. The Morgan fingerprint density at radius 1 is 1.38 bits per heavy atom. The van der Waals surface area contributed by atoms with Crippen LogP contribution < -0.4 is 5.32 Å². The first-order chi connectivity index (χ1) is 7.88. The van der Waals surface area contributed by atoms with Crippen molar-refractivity contribution < 1.29 is 0 Å². The molecule has 0 aliphatic carbocycles. The Balaban J connectivity index is 1.83. The van der Waals surface area contributed by atoms with Gasteiger partial charge >= 0.3 is 0 Å². The van der Waals surface area contributed by atoms with Crippen molar-refractivity contribution in [3.05, 3.63) is 36.5 Å². The van der Waals surface area contributed by atoms with Crippen molar-refractivity contribution in [3.63, 3.8) is 0 Å². The number of nitrogens with zero attached hydrogens (tertiary/aromatic N) is 5. The number of aromatic nitrogens is 4. The number of hydrogen-bond acceptors (Lipinski definition) is 5. The minimum absolute atomic E-state index is 0.320. The number of anilines is 1. The van der Waals surface area contributed by atoms with Gasteiger partial charge in [-0.1, -0.05) is 0 Å². The van der Waals surface area contributed by atoms with Crippen molar-refractivity contribution in [3.8, 4) is 6.07 Å². The third-order valence-corrected chi connectivity index (χ3v) is 2.01. The van der Waals surface area contributed by atoms with Gasteiger partial charge < -0.3 is 9.88 Å². The van der Waals surface area contributed by atoms with E-state index in [9.17, 15) is 0 Å². The topological polar surface area (TPSA) is 79.4 Å². The van der Waals surface area contributed by atoms with Gasteiger partial charge in [-0.25, -0.2) is 4.98 Å². The van der Waals surface area contributed by atoms with Gasteiger partial charge in [-0.15, -0.1) is 10.2 Å². The van der Waals surface area contributed by atoms with Gasteiger partial charge in [-0.05, 0) is 12.1 Å². The van der Waals surface area contributed by atoms with E-state index >= 15 is 0 Å². The number of rotatable bonds is 4. The average Bonchev–Trinajstić information content (AvgIpc) is 2.83. The van der Waals surface area contributed by atoms with Crippen molar-refractivity contribution >= 4 is 5.82 Å². The van der Waals surface area contributed by atoms with Gasteiger partial charge in [0.25, 0.3) is 0 Å². The predicted octanol–water partition coefficient (Wildman–Crippen LogP) is 0.657. The predicted molar refractivity (Wildman–Crippen MR) is 57.5 cm³/mol. The number of imidazole rings is 1. The molecule has 0 radical (unpaired) electrons. The van der Waals surface area contributed by atoms with Crippen molar-refractivity contribution in [2.75, 3.05) is 11.9 Å². The van der Waals surface area contributed by atoms with Crippen LogP contribution in [0.25, 0.3) is 0 Å². The first-order valence-corrected chi connectivity index (χ1v) is 4.82. The lowest BCUT2D eigenvalue weighted by Gasteiger charge is -2.04. The molecule has 0 amide bonds. The minimum Gasteiger partial charge on any atom is -0.367 e. The minimum atomic E-state index is 0.320. The second kappa shape index (κ2) is 4.89. The van der Waals surface area contributed by atoms with Crippen molar-refractivity contribution in [2.24, 2.45) is 0 Å². The summed E-state index contributed by atoms with van der Waals surface area (Å²) >= 11 is 0. The molecule has 0 aliphatic heterocycles. The summed E-state index contributed by atoms with van der Waals surface area (Å²) in [5.74, 6) is 0.666. The van der Waals surface area contributed by atoms with Crippen LogP contribution in [0.5, 0.6) is 0 Å². The molecule has 2 heterocycles. The molecule has 16 heavy (non-hydrogen) atoms. The molecule has 0 saturated heterocycles. The lowest BCUT2D eigenvalue weighted by atomic mass is 10.4. The summed E-state index contributed by atoms with van der Waals surface area (Å²) in [6.07, 6.45) is 5.39. The zero-order chi connectivity index (χ0) is 11.2. The molecule has 0 bridgehead atoms. The summed E-state index contributed by atoms with van der Waals surface area (Å²) in [5, 5.41) is 19.2. The van der Waals surface area contributed by atoms with E-state index in [1.54, 1.807) is 24.7 Å². The first kappa shape index (κ1) is 10.1. The Hall–Kier alpha value is -2.42. The molecule has 0 fully saturated rings. The van der Waals surface area contributed by atoms with Crippen molar-refractivity contribution in [2.45, 2.75) is 6.54 Å². The fourth-order valence-corrected chi connectivity index (χ4v) is 1.22. The molecule has 0 aromatic carbocycles. The maximum atomic E-state index is 8.55. The molecule has 0 spiro atoms. The molecule has 0 aliphatic rings. The summed E-state index contributed by atoms with van der Waals surface area (Å²) in [5.41, 5.74) is 0.320. The van der Waals surface area contributed by atoms with Crippen LogP contribution in [0, 0.1) is 11.3 Å². The lowest BCUT2D eigenvalue weighted by Crippen LogP contribution is -2.10. The van der Waals surface area contributed by atoms with E-state index in [2.05, 4.69) is 20.5 Å². The van der Waals surface area contributed by atoms with Crippen LogP contribution in [0.1, 0.15) is 5.69 Å². The zero-order valence-electron chi connectivity index (χ0n) is 8.54. The first-order valence-electron chi connectivity index (χ1n) is 4.82. The fourth-order valence-electron chi connectivity index (χ4n) is 1.22. The molecule has 2 rings (SSSR count). The molecular weight excluding hydrogens is 204 g/mol. The van der Waals surface area contributed by atoms with Gasteiger partial charge in [0, 0.05) is 25.5 Å². The second-order valence-corrected chi connectivity index (χ2v) is 3.14. The average molecular weight is 214 g/mol. The summed E-state index contributed by atoms with van der Waals surface area (Å²) < 4.78 is 1.96. The van der Waals surface area contributed by atoms with E-state index < -0.39 is 0 Å². The Morgan fingerprint density at radius 2 is 2.31 bits per heavy atom. The van der Waals surface area contributed by atoms with E-state index in [1.807, 2.05) is 16.8 Å². The molecule has 1 N–H and O–H groups in total. The van der Waals surface area contributed by atoms with Crippen LogP contribution in [0.2, 0.25) is 0 Å². The van der Waals surface area contributed by atoms with Gasteiger partial charge in [0.15, 0.2) is 5.69 Å². The maximum Gasteiger partial charge on any atom is 0.163 e. The highest BCUT2D eigenvalue weighted by molar-refractivity contribution is 5.34. The number of hydrogen-bond donors (Lipinski definition) is 1. The van der Waals surface area contributed by atoms with Gasteiger partial charge in [-0.3, -0.25) is 0 Å². The highest BCUT2D eigenvalue weighted by Crippen LogP contribution is 2.00. The Bertz CT molecular complexity index is 467. The molecule has 80 valence electrons. The van der Waals surface area contributed by atoms with Crippen molar-refractivity contribution in [1.82, 2.24) is 19.7 Å². The van der Waals surface area contributed by atoms with Crippen LogP contribution in [-0.2, 0) is 6.54 Å². The molecule has 2 aromatic rings. The summed E-state index contributed by atoms with van der Waals surface area (Å²) in [6.45, 7) is 1.54. The van der Waals surface area contributed by atoms with Gasteiger partial charge in [0.2, 0.25) is 0 Å². The smallest absolute Gasteiger partial charge is 0.163 e. The second-order valence-electron chi connectivity index (χ2n) is 3.14. The van der Waals surface area contributed by atoms with Crippen LogP contribution >= 0.6 is 0 Å². The fraction of sp³-hybridized carbons (Fsp3) is 0.200. The SMILES string of the molecule is N#Cc1ccc(NCCn2ccnc2)nn1. The molecule has 6 nitrogen and oxygen atoms in total. The lowest BCUT2D eigenvalue weighted by molar-refractivity contribution is 0.724. The van der Waals surface area contributed by atoms with Gasteiger partial charge in [-0.2, -0.15) is 5.26 Å². The highest BCUT2D eigenvalue weighted by atomic mass is 15.2. The van der Waals surface area contributed by atoms with E-state index in [4.69, 9.17) is 5.26 Å². The van der Waals surface area contributed by atoms with Crippen LogP contribution in [-0.4, -0.2) is 26.3 Å². The van der Waals surface area contributed by atoms with Gasteiger partial charge in [0.1, 0.15) is 11.9 Å². The standard InChI is InChI=1S/C10H10N6/c11-7-9-1-2-10(15-14-9)13-4-6-16-5-3-12-8-16/h1-3,5,8H,4,6H2,(H,13,15). The normalized spacial score (nSPS) is 9.69. The zero-order valence-corrected chi connectivity index (χ0v) is 8.54. The van der Waals surface area contributed by atoms with Crippen LogP contribution in [0.15, 0.2) is 30.9 Å².